The Morgan fingerprint density at radius 1 is 1.36 bits per heavy atom. The lowest BCUT2D eigenvalue weighted by Crippen LogP contribution is -2.44. The molecule has 1 heterocycles. The van der Waals surface area contributed by atoms with E-state index in [4.69, 9.17) is 4.74 Å². The Morgan fingerprint density at radius 3 is 2.71 bits per heavy atom. The molecular formula is C8H9BrF3NO. The third kappa shape index (κ3) is 1.89. The first-order valence-corrected chi connectivity index (χ1v) is 5.34. The van der Waals surface area contributed by atoms with Gasteiger partial charge in [-0.2, -0.15) is 13.2 Å². The van der Waals surface area contributed by atoms with Gasteiger partial charge in [0.1, 0.15) is 6.10 Å². The minimum atomic E-state index is -4.44. The van der Waals surface area contributed by atoms with Crippen LogP contribution in [0.1, 0.15) is 19.3 Å². The first-order valence-electron chi connectivity index (χ1n) is 4.42. The van der Waals surface area contributed by atoms with Crippen LogP contribution in [-0.2, 0) is 4.74 Å². The zero-order chi connectivity index (χ0) is 10.3. The van der Waals surface area contributed by atoms with Crippen LogP contribution in [0.2, 0.25) is 0 Å². The van der Waals surface area contributed by atoms with Crippen LogP contribution < -0.4 is 0 Å². The molecule has 0 aromatic carbocycles. The number of rotatable bonds is 0. The molecule has 2 aliphatic rings. The molecule has 14 heavy (non-hydrogen) atoms. The van der Waals surface area contributed by atoms with Gasteiger partial charge < -0.3 is 4.74 Å². The molecular weight excluding hydrogens is 263 g/mol. The van der Waals surface area contributed by atoms with Crippen molar-refractivity contribution in [1.29, 1.82) is 0 Å². The molecule has 2 nitrogen and oxygen atoms in total. The Balaban J connectivity index is 2.19. The fourth-order valence-electron chi connectivity index (χ4n) is 1.79. The number of halogens is 4. The third-order valence-corrected chi connectivity index (χ3v) is 3.54. The van der Waals surface area contributed by atoms with Crippen molar-refractivity contribution in [2.45, 2.75) is 42.4 Å². The minimum Gasteiger partial charge on any atom is -0.470 e. The van der Waals surface area contributed by atoms with Crippen molar-refractivity contribution in [1.82, 2.24) is 0 Å². The highest BCUT2D eigenvalue weighted by molar-refractivity contribution is 9.09. The van der Waals surface area contributed by atoms with Crippen molar-refractivity contribution in [2.24, 2.45) is 4.99 Å². The number of hydrogen-bond acceptors (Lipinski definition) is 2. The van der Waals surface area contributed by atoms with Gasteiger partial charge >= 0.3 is 6.18 Å². The Morgan fingerprint density at radius 2 is 2.07 bits per heavy atom. The molecule has 1 aliphatic carbocycles. The van der Waals surface area contributed by atoms with Crippen LogP contribution in [-0.4, -0.2) is 29.0 Å². The molecule has 2 bridgehead atoms. The zero-order valence-electron chi connectivity index (χ0n) is 7.22. The Kier molecular flexibility index (Phi) is 2.49. The van der Waals surface area contributed by atoms with Gasteiger partial charge in [0, 0.05) is 6.42 Å². The van der Waals surface area contributed by atoms with Crippen molar-refractivity contribution in [3.63, 3.8) is 0 Å². The molecule has 0 aromatic heterocycles. The fraction of sp³-hybridized carbons (Fsp3) is 0.875. The normalized spacial score (nSPS) is 37.4. The summed E-state index contributed by atoms with van der Waals surface area (Å²) in [6.45, 7) is 0. The van der Waals surface area contributed by atoms with Crippen LogP contribution in [0, 0.1) is 0 Å². The van der Waals surface area contributed by atoms with Crippen LogP contribution >= 0.6 is 15.9 Å². The molecule has 0 aromatic rings. The number of alkyl halides is 4. The molecule has 0 N–H and O–H groups in total. The Hall–Kier alpha value is -0.260. The number of aliphatic imine (C=N–C) groups is 1. The second-order valence-electron chi connectivity index (χ2n) is 3.57. The molecule has 1 fully saturated rings. The first kappa shape index (κ1) is 10.3. The highest BCUT2D eigenvalue weighted by atomic mass is 79.9. The maximum absolute atomic E-state index is 12.3. The average Bonchev–Trinajstić information content (AvgIpc) is 2.10. The van der Waals surface area contributed by atoms with E-state index >= 15 is 0 Å². The molecule has 2 rings (SSSR count). The number of fused-ring (bicyclic) bond motifs is 2. The van der Waals surface area contributed by atoms with E-state index in [0.29, 0.717) is 12.8 Å². The summed E-state index contributed by atoms with van der Waals surface area (Å²) < 4.78 is 41.7. The average molecular weight is 272 g/mol. The van der Waals surface area contributed by atoms with Gasteiger partial charge in [-0.05, 0) is 12.8 Å². The van der Waals surface area contributed by atoms with Gasteiger partial charge in [0.15, 0.2) is 0 Å². The predicted molar refractivity (Wildman–Crippen MR) is 48.7 cm³/mol. The lowest BCUT2D eigenvalue weighted by atomic mass is 9.92. The summed E-state index contributed by atoms with van der Waals surface area (Å²) in [5.74, 6) is -1.05. The monoisotopic (exact) mass is 271 g/mol. The largest absolute Gasteiger partial charge is 0.470 e. The molecule has 0 spiro atoms. The van der Waals surface area contributed by atoms with E-state index in [-0.39, 0.29) is 17.0 Å². The number of nitrogens with zero attached hydrogens (tertiary/aromatic N) is 1. The molecule has 0 amide bonds. The molecule has 0 radical (unpaired) electrons. The summed E-state index contributed by atoms with van der Waals surface area (Å²) in [7, 11) is 0. The third-order valence-electron chi connectivity index (χ3n) is 2.49. The Labute approximate surface area is 87.7 Å². The summed E-state index contributed by atoms with van der Waals surface area (Å²) in [4.78, 5) is 3.58. The van der Waals surface area contributed by atoms with Gasteiger partial charge in [0.05, 0.1) is 10.9 Å². The quantitative estimate of drug-likeness (QED) is 0.621. The molecule has 1 saturated carbocycles. The van der Waals surface area contributed by atoms with Gasteiger partial charge in [-0.3, -0.25) is 0 Å². The zero-order valence-corrected chi connectivity index (χ0v) is 8.81. The fourth-order valence-corrected chi connectivity index (χ4v) is 2.38. The summed E-state index contributed by atoms with van der Waals surface area (Å²) in [6.07, 6.45) is -2.70. The van der Waals surface area contributed by atoms with Crippen LogP contribution in [0.5, 0.6) is 0 Å². The molecule has 80 valence electrons. The second kappa shape index (κ2) is 3.40. The first-order chi connectivity index (χ1) is 6.47. The van der Waals surface area contributed by atoms with E-state index in [9.17, 15) is 13.2 Å². The van der Waals surface area contributed by atoms with Gasteiger partial charge in [0.25, 0.3) is 5.90 Å². The minimum absolute atomic E-state index is 0.0200. The molecule has 1 aliphatic heterocycles. The second-order valence-corrected chi connectivity index (χ2v) is 4.75. The van der Waals surface area contributed by atoms with Gasteiger partial charge in [-0.1, -0.05) is 15.9 Å². The molecule has 6 heteroatoms. The van der Waals surface area contributed by atoms with E-state index in [1.807, 2.05) is 0 Å². The molecule has 0 saturated heterocycles. The maximum atomic E-state index is 12.3. The van der Waals surface area contributed by atoms with Crippen molar-refractivity contribution >= 4 is 21.8 Å². The standard InChI is InChI=1S/C8H9BrF3NO/c9-5-2-1-4-3-6(5)14-7(13-4)8(10,11)12/h4-6H,1-3H2/t4-,5+,6+/m0/s1. The van der Waals surface area contributed by atoms with Crippen molar-refractivity contribution in [3.8, 4) is 0 Å². The SMILES string of the molecule is FC(F)(F)C1=N[C@H]2CC[C@@H](Br)[C@@H](C2)O1. The van der Waals surface area contributed by atoms with Gasteiger partial charge in [-0.25, -0.2) is 4.99 Å². The maximum Gasteiger partial charge on any atom is 0.468 e. The number of ether oxygens (including phenoxy) is 1. The Bertz CT molecular complexity index is 266. The van der Waals surface area contributed by atoms with Crippen LogP contribution in [0.25, 0.3) is 0 Å². The molecule has 3 atom stereocenters. The lowest BCUT2D eigenvalue weighted by Gasteiger charge is -2.36. The predicted octanol–water partition coefficient (Wildman–Crippen LogP) is 2.66. The smallest absolute Gasteiger partial charge is 0.468 e. The summed E-state index contributed by atoms with van der Waals surface area (Å²) in [5, 5.41) is 0. The molecule has 0 unspecified atom stereocenters. The topological polar surface area (TPSA) is 21.6 Å². The summed E-state index contributed by atoms with van der Waals surface area (Å²) >= 11 is 3.32. The van der Waals surface area contributed by atoms with Gasteiger partial charge in [0.2, 0.25) is 0 Å². The highest BCUT2D eigenvalue weighted by Gasteiger charge is 2.45. The highest BCUT2D eigenvalue weighted by Crippen LogP contribution is 2.35. The van der Waals surface area contributed by atoms with E-state index in [1.165, 1.54) is 0 Å². The summed E-state index contributed by atoms with van der Waals surface area (Å²) in [6, 6.07) is -0.209. The lowest BCUT2D eigenvalue weighted by molar-refractivity contribution is -0.0894. The van der Waals surface area contributed by atoms with Crippen molar-refractivity contribution in [3.05, 3.63) is 0 Å². The van der Waals surface area contributed by atoms with E-state index < -0.39 is 12.1 Å². The van der Waals surface area contributed by atoms with Crippen molar-refractivity contribution < 1.29 is 17.9 Å². The van der Waals surface area contributed by atoms with Crippen LogP contribution in [0.3, 0.4) is 0 Å². The number of hydrogen-bond donors (Lipinski definition) is 0. The van der Waals surface area contributed by atoms with E-state index in [0.717, 1.165) is 6.42 Å². The van der Waals surface area contributed by atoms with Crippen LogP contribution in [0.15, 0.2) is 4.99 Å². The van der Waals surface area contributed by atoms with Gasteiger partial charge in [-0.15, -0.1) is 0 Å². The van der Waals surface area contributed by atoms with Crippen molar-refractivity contribution in [2.75, 3.05) is 0 Å². The van der Waals surface area contributed by atoms with E-state index in [1.54, 1.807) is 0 Å². The summed E-state index contributed by atoms with van der Waals surface area (Å²) in [5.41, 5.74) is 0. The van der Waals surface area contributed by atoms with E-state index in [2.05, 4.69) is 20.9 Å². The van der Waals surface area contributed by atoms with Crippen LogP contribution in [0.4, 0.5) is 13.2 Å².